The van der Waals surface area contributed by atoms with Gasteiger partial charge in [-0.15, -0.1) is 0 Å². The number of piperazine rings is 1. The van der Waals surface area contributed by atoms with E-state index in [4.69, 9.17) is 11.6 Å². The number of amides is 1. The Morgan fingerprint density at radius 1 is 1.19 bits per heavy atom. The molecule has 134 valence electrons. The molecule has 1 saturated heterocycles. The van der Waals surface area contributed by atoms with E-state index in [1.165, 1.54) is 0 Å². The first-order valence-corrected chi connectivity index (χ1v) is 8.83. The van der Waals surface area contributed by atoms with Crippen molar-refractivity contribution in [1.29, 1.82) is 0 Å². The van der Waals surface area contributed by atoms with Crippen molar-refractivity contribution in [1.82, 2.24) is 29.9 Å². The minimum atomic E-state index is -0.213. The van der Waals surface area contributed by atoms with E-state index in [-0.39, 0.29) is 5.91 Å². The summed E-state index contributed by atoms with van der Waals surface area (Å²) in [7, 11) is 2.08. The number of carbonyl (C=O) groups is 1. The maximum atomic E-state index is 12.6. The Hall–Kier alpha value is -2.48. The summed E-state index contributed by atoms with van der Waals surface area (Å²) in [6.07, 6.45) is 3.48. The number of carbonyl (C=O) groups excluding carboxylic acids is 1. The first kappa shape index (κ1) is 17.0. The van der Waals surface area contributed by atoms with Crippen molar-refractivity contribution in [2.24, 2.45) is 0 Å². The van der Waals surface area contributed by atoms with Crippen LogP contribution in [0.15, 0.2) is 42.7 Å². The number of nitrogens with zero attached hydrogens (tertiary/aromatic N) is 5. The van der Waals surface area contributed by atoms with Crippen LogP contribution >= 0.6 is 11.6 Å². The average Bonchev–Trinajstić information content (AvgIpc) is 3.07. The second-order valence-corrected chi connectivity index (χ2v) is 6.82. The van der Waals surface area contributed by atoms with Gasteiger partial charge in [0.2, 0.25) is 0 Å². The molecule has 26 heavy (non-hydrogen) atoms. The third-order valence-electron chi connectivity index (χ3n) is 4.50. The van der Waals surface area contributed by atoms with Gasteiger partial charge < -0.3 is 4.90 Å². The second kappa shape index (κ2) is 7.03. The van der Waals surface area contributed by atoms with E-state index >= 15 is 0 Å². The summed E-state index contributed by atoms with van der Waals surface area (Å²) in [5.74, 6) is -0.213. The molecule has 1 aliphatic heterocycles. The van der Waals surface area contributed by atoms with Crippen molar-refractivity contribution in [2.75, 3.05) is 33.2 Å². The Bertz CT molecular complexity index is 948. The number of nitrogens with one attached hydrogen (secondary N) is 1. The summed E-state index contributed by atoms with van der Waals surface area (Å²) in [5, 5.41) is 6.89. The number of halogens is 1. The second-order valence-electron chi connectivity index (χ2n) is 6.38. The Labute approximate surface area is 156 Å². The molecule has 0 saturated carbocycles. The molecule has 0 bridgehead atoms. The lowest BCUT2D eigenvalue weighted by atomic mass is 10.1. The number of aromatic nitrogens is 3. The quantitative estimate of drug-likeness (QED) is 0.763. The standard InChI is InChI=1S/C18H19ClN6O/c1-23-7-9-24(10-8-23)22-18(26)16-5-6-25-17(21-16)15(12-20-25)13-3-2-4-14(19)11-13/h2-6,11-12H,7-10H2,1H3,(H,22,26). The average molecular weight is 371 g/mol. The molecule has 3 aromatic rings. The third-order valence-corrected chi connectivity index (χ3v) is 4.74. The minimum Gasteiger partial charge on any atom is -0.304 e. The van der Waals surface area contributed by atoms with Crippen LogP contribution in [-0.2, 0) is 0 Å². The number of fused-ring (bicyclic) bond motifs is 1. The van der Waals surface area contributed by atoms with Gasteiger partial charge in [0.25, 0.3) is 5.91 Å². The fraction of sp³-hybridized carbons (Fsp3) is 0.278. The Kier molecular flexibility index (Phi) is 4.58. The van der Waals surface area contributed by atoms with Crippen molar-refractivity contribution in [3.8, 4) is 11.1 Å². The van der Waals surface area contributed by atoms with E-state index < -0.39 is 0 Å². The number of hydrogen-bond acceptors (Lipinski definition) is 5. The highest BCUT2D eigenvalue weighted by molar-refractivity contribution is 6.30. The van der Waals surface area contributed by atoms with Crippen molar-refractivity contribution < 1.29 is 4.79 Å². The maximum Gasteiger partial charge on any atom is 0.284 e. The van der Waals surface area contributed by atoms with Crippen LogP contribution in [-0.4, -0.2) is 63.6 Å². The molecule has 1 fully saturated rings. The van der Waals surface area contributed by atoms with Crippen LogP contribution in [0.5, 0.6) is 0 Å². The summed E-state index contributed by atoms with van der Waals surface area (Å²) in [6.45, 7) is 3.44. The predicted octanol–water partition coefficient (Wildman–Crippen LogP) is 1.94. The van der Waals surface area contributed by atoms with Crippen LogP contribution in [0.4, 0.5) is 0 Å². The summed E-state index contributed by atoms with van der Waals surface area (Å²) >= 11 is 6.09. The highest BCUT2D eigenvalue weighted by atomic mass is 35.5. The summed E-state index contributed by atoms with van der Waals surface area (Å²) < 4.78 is 1.66. The van der Waals surface area contributed by atoms with Crippen molar-refractivity contribution in [3.05, 3.63) is 53.4 Å². The highest BCUT2D eigenvalue weighted by Gasteiger charge is 2.18. The van der Waals surface area contributed by atoms with Crippen molar-refractivity contribution in [2.45, 2.75) is 0 Å². The third kappa shape index (κ3) is 3.41. The SMILES string of the molecule is CN1CCN(NC(=O)c2ccn3ncc(-c4cccc(Cl)c4)c3n2)CC1. The lowest BCUT2D eigenvalue weighted by Crippen LogP contribution is -2.52. The Balaban J connectivity index is 1.60. The van der Waals surface area contributed by atoms with Crippen LogP contribution in [0.3, 0.4) is 0 Å². The number of hydrogen-bond donors (Lipinski definition) is 1. The molecule has 4 rings (SSSR count). The molecule has 1 aromatic carbocycles. The highest BCUT2D eigenvalue weighted by Crippen LogP contribution is 2.25. The largest absolute Gasteiger partial charge is 0.304 e. The predicted molar refractivity (Wildman–Crippen MR) is 100.0 cm³/mol. The molecule has 1 aliphatic rings. The molecule has 0 radical (unpaired) electrons. The molecular formula is C18H19ClN6O. The molecule has 1 amide bonds. The monoisotopic (exact) mass is 370 g/mol. The number of hydrazine groups is 1. The van der Waals surface area contributed by atoms with Gasteiger partial charge in [0, 0.05) is 43.0 Å². The van der Waals surface area contributed by atoms with E-state index in [9.17, 15) is 4.79 Å². The Morgan fingerprint density at radius 2 is 2.00 bits per heavy atom. The number of benzene rings is 1. The van der Waals surface area contributed by atoms with Gasteiger partial charge in [0.15, 0.2) is 5.65 Å². The van der Waals surface area contributed by atoms with Gasteiger partial charge in [0.05, 0.1) is 6.20 Å². The molecule has 2 aromatic heterocycles. The molecule has 3 heterocycles. The van der Waals surface area contributed by atoms with Gasteiger partial charge in [0.1, 0.15) is 5.69 Å². The normalized spacial score (nSPS) is 16.1. The zero-order valence-corrected chi connectivity index (χ0v) is 15.1. The Morgan fingerprint density at radius 3 is 2.77 bits per heavy atom. The number of likely N-dealkylation sites (N-methyl/N-ethyl adjacent to an activating group) is 1. The van der Waals surface area contributed by atoms with E-state index in [1.54, 1.807) is 23.0 Å². The van der Waals surface area contributed by atoms with E-state index in [1.807, 2.05) is 29.3 Å². The van der Waals surface area contributed by atoms with Crippen LogP contribution < -0.4 is 5.43 Å². The van der Waals surface area contributed by atoms with Gasteiger partial charge in [-0.25, -0.2) is 14.5 Å². The zero-order chi connectivity index (χ0) is 18.1. The van der Waals surface area contributed by atoms with Crippen LogP contribution in [0.1, 0.15) is 10.5 Å². The fourth-order valence-electron chi connectivity index (χ4n) is 2.97. The van der Waals surface area contributed by atoms with E-state index in [0.29, 0.717) is 16.4 Å². The van der Waals surface area contributed by atoms with Gasteiger partial charge in [-0.05, 0) is 30.8 Å². The summed E-state index contributed by atoms with van der Waals surface area (Å²) in [6, 6.07) is 9.18. The topological polar surface area (TPSA) is 65.8 Å². The smallest absolute Gasteiger partial charge is 0.284 e. The van der Waals surface area contributed by atoms with Gasteiger partial charge in [-0.3, -0.25) is 10.2 Å². The first-order valence-electron chi connectivity index (χ1n) is 8.45. The minimum absolute atomic E-state index is 0.213. The summed E-state index contributed by atoms with van der Waals surface area (Å²) in [5.41, 5.74) is 5.67. The van der Waals surface area contributed by atoms with E-state index in [0.717, 1.165) is 37.3 Å². The van der Waals surface area contributed by atoms with E-state index in [2.05, 4.69) is 27.5 Å². The fourth-order valence-corrected chi connectivity index (χ4v) is 3.16. The van der Waals surface area contributed by atoms with Crippen molar-refractivity contribution in [3.63, 3.8) is 0 Å². The van der Waals surface area contributed by atoms with Crippen molar-refractivity contribution >= 4 is 23.2 Å². The summed E-state index contributed by atoms with van der Waals surface area (Å²) in [4.78, 5) is 19.3. The van der Waals surface area contributed by atoms with Crippen LogP contribution in [0.25, 0.3) is 16.8 Å². The molecular weight excluding hydrogens is 352 g/mol. The first-order chi connectivity index (χ1) is 12.6. The maximum absolute atomic E-state index is 12.6. The molecule has 0 atom stereocenters. The van der Waals surface area contributed by atoms with Gasteiger partial charge in [-0.2, -0.15) is 5.10 Å². The van der Waals surface area contributed by atoms with Crippen LogP contribution in [0.2, 0.25) is 5.02 Å². The zero-order valence-electron chi connectivity index (χ0n) is 14.4. The molecule has 8 heteroatoms. The molecule has 1 N–H and O–H groups in total. The molecule has 0 spiro atoms. The lowest BCUT2D eigenvalue weighted by Gasteiger charge is -2.32. The number of rotatable bonds is 3. The molecule has 0 aliphatic carbocycles. The lowest BCUT2D eigenvalue weighted by molar-refractivity contribution is 0.0658. The van der Waals surface area contributed by atoms with Gasteiger partial charge >= 0.3 is 0 Å². The molecule has 0 unspecified atom stereocenters. The van der Waals surface area contributed by atoms with Crippen LogP contribution in [0, 0.1) is 0 Å². The van der Waals surface area contributed by atoms with Gasteiger partial charge in [-0.1, -0.05) is 23.7 Å². The molecule has 7 nitrogen and oxygen atoms in total.